The average Bonchev–Trinajstić information content (AvgIpc) is 2.23. The van der Waals surface area contributed by atoms with E-state index in [-0.39, 0.29) is 11.4 Å². The number of nitrogens with zero attached hydrogens (tertiary/aromatic N) is 1. The predicted octanol–water partition coefficient (Wildman–Crippen LogP) is 2.86. The van der Waals surface area contributed by atoms with E-state index >= 15 is 0 Å². The van der Waals surface area contributed by atoms with Crippen LogP contribution in [0.5, 0.6) is 0 Å². The fourth-order valence-electron chi connectivity index (χ4n) is 1.29. The molecule has 1 N–H and O–H groups in total. The van der Waals surface area contributed by atoms with Gasteiger partial charge in [0.05, 0.1) is 16.5 Å². The van der Waals surface area contributed by atoms with Crippen molar-refractivity contribution < 1.29 is 9.90 Å². The molecular formula is C11H11Cl2NO2S. The van der Waals surface area contributed by atoms with Crippen molar-refractivity contribution in [3.63, 3.8) is 0 Å². The Morgan fingerprint density at radius 1 is 1.35 bits per heavy atom. The quantitative estimate of drug-likeness (QED) is 0.870. The number of carboxylic acid groups (broad SMARTS) is 1. The fraction of sp³-hybridized carbons (Fsp3) is 0.273. The van der Waals surface area contributed by atoms with E-state index in [0.29, 0.717) is 21.1 Å². The third-order valence-corrected chi connectivity index (χ3v) is 3.65. The molecule has 6 heteroatoms. The zero-order chi connectivity index (χ0) is 13.2. The molecule has 1 rings (SSSR count). The molecule has 0 atom stereocenters. The van der Waals surface area contributed by atoms with Crippen molar-refractivity contribution in [1.29, 1.82) is 0 Å². The summed E-state index contributed by atoms with van der Waals surface area (Å²) in [5, 5.41) is 9.25. The Hall–Kier alpha value is -0.840. The minimum atomic E-state index is -0.953. The second kappa shape index (κ2) is 5.67. The summed E-state index contributed by atoms with van der Waals surface area (Å²) in [6, 6.07) is 3.32. The third kappa shape index (κ3) is 3.31. The van der Waals surface area contributed by atoms with Crippen LogP contribution in [0.3, 0.4) is 0 Å². The molecule has 0 fully saturated rings. The number of benzene rings is 1. The van der Waals surface area contributed by atoms with E-state index in [9.17, 15) is 4.79 Å². The van der Waals surface area contributed by atoms with Gasteiger partial charge in [0.1, 0.15) is 4.99 Å². The van der Waals surface area contributed by atoms with Gasteiger partial charge in [0.2, 0.25) is 0 Å². The molecule has 1 aromatic rings. The van der Waals surface area contributed by atoms with Crippen molar-refractivity contribution in [1.82, 2.24) is 4.90 Å². The monoisotopic (exact) mass is 291 g/mol. The molecule has 0 aliphatic rings. The van der Waals surface area contributed by atoms with Crippen LogP contribution in [0.2, 0.25) is 10.0 Å². The van der Waals surface area contributed by atoms with Crippen LogP contribution in [0.4, 0.5) is 0 Å². The second-order valence-corrected chi connectivity index (χ2v) is 4.81. The van der Waals surface area contributed by atoms with Gasteiger partial charge in [0.25, 0.3) is 0 Å². The third-order valence-electron chi connectivity index (χ3n) is 2.14. The molecule has 3 nitrogen and oxygen atoms in total. The van der Waals surface area contributed by atoms with Gasteiger partial charge >= 0.3 is 5.97 Å². The molecule has 0 bridgehead atoms. The Kier molecular flexibility index (Phi) is 4.74. The van der Waals surface area contributed by atoms with E-state index in [4.69, 9.17) is 40.5 Å². The molecule has 0 aliphatic heterocycles. The number of thiocarbonyl (C=S) groups is 1. The van der Waals surface area contributed by atoms with Crippen molar-refractivity contribution >= 4 is 46.4 Å². The summed E-state index contributed by atoms with van der Waals surface area (Å²) < 4.78 is 0. The normalized spacial score (nSPS) is 10.1. The number of halogens is 2. The number of carboxylic acids is 1. The Labute approximate surface area is 115 Å². The molecule has 0 amide bonds. The molecule has 92 valence electrons. The molecule has 0 heterocycles. The molecule has 0 spiro atoms. The number of aliphatic carboxylic acids is 1. The van der Waals surface area contributed by atoms with Crippen molar-refractivity contribution in [3.8, 4) is 0 Å². The standard InChI is InChI=1S/C11H11Cl2NO2S/c1-14(2)11(17)7-4-3-6(5-8(15)16)9(12)10(7)13/h3-4H,5H2,1-2H3,(H,15,16). The number of carbonyl (C=O) groups is 1. The Balaban J connectivity index is 3.19. The van der Waals surface area contributed by atoms with E-state index in [1.807, 2.05) is 0 Å². The van der Waals surface area contributed by atoms with Gasteiger partial charge in [-0.1, -0.05) is 47.6 Å². The number of hydrogen-bond acceptors (Lipinski definition) is 2. The SMILES string of the molecule is CN(C)C(=S)c1ccc(CC(=O)O)c(Cl)c1Cl. The van der Waals surface area contributed by atoms with E-state index in [2.05, 4.69) is 0 Å². The van der Waals surface area contributed by atoms with Crippen LogP contribution in [0.1, 0.15) is 11.1 Å². The van der Waals surface area contributed by atoms with Gasteiger partial charge < -0.3 is 10.0 Å². The summed E-state index contributed by atoms with van der Waals surface area (Å²) in [5.41, 5.74) is 1.11. The van der Waals surface area contributed by atoms with E-state index < -0.39 is 5.97 Å². The van der Waals surface area contributed by atoms with E-state index in [0.717, 1.165) is 0 Å². The zero-order valence-electron chi connectivity index (χ0n) is 9.33. The highest BCUT2D eigenvalue weighted by molar-refractivity contribution is 7.80. The molecule has 1 aromatic carbocycles. The lowest BCUT2D eigenvalue weighted by Crippen LogP contribution is -2.21. The Bertz CT molecular complexity index is 475. The predicted molar refractivity (Wildman–Crippen MR) is 73.2 cm³/mol. The highest BCUT2D eigenvalue weighted by Gasteiger charge is 2.15. The van der Waals surface area contributed by atoms with Crippen LogP contribution in [0.25, 0.3) is 0 Å². The van der Waals surface area contributed by atoms with Crippen molar-refractivity contribution in [3.05, 3.63) is 33.3 Å². The summed E-state index contributed by atoms with van der Waals surface area (Å²) in [4.78, 5) is 12.9. The number of hydrogen-bond donors (Lipinski definition) is 1. The molecule has 0 aliphatic carbocycles. The Morgan fingerprint density at radius 2 is 1.94 bits per heavy atom. The summed E-state index contributed by atoms with van der Waals surface area (Å²) in [6.45, 7) is 0. The number of rotatable bonds is 3. The van der Waals surface area contributed by atoms with Gasteiger partial charge in [-0.25, -0.2) is 0 Å². The lowest BCUT2D eigenvalue weighted by atomic mass is 10.1. The van der Waals surface area contributed by atoms with Gasteiger partial charge in [-0.3, -0.25) is 4.79 Å². The largest absolute Gasteiger partial charge is 0.481 e. The van der Waals surface area contributed by atoms with Crippen LogP contribution in [-0.2, 0) is 11.2 Å². The summed E-state index contributed by atoms with van der Waals surface area (Å²) in [7, 11) is 3.61. The summed E-state index contributed by atoms with van der Waals surface area (Å²) in [6.07, 6.45) is -0.159. The zero-order valence-corrected chi connectivity index (χ0v) is 11.7. The first-order chi connectivity index (χ1) is 7.84. The second-order valence-electron chi connectivity index (χ2n) is 3.67. The lowest BCUT2D eigenvalue weighted by molar-refractivity contribution is -0.136. The van der Waals surface area contributed by atoms with E-state index in [1.54, 1.807) is 31.1 Å². The first kappa shape index (κ1) is 14.2. The van der Waals surface area contributed by atoms with Gasteiger partial charge in [0, 0.05) is 19.7 Å². The molecule has 0 aromatic heterocycles. The topological polar surface area (TPSA) is 40.5 Å². The maximum absolute atomic E-state index is 10.6. The van der Waals surface area contributed by atoms with Crippen LogP contribution in [0, 0.1) is 0 Å². The van der Waals surface area contributed by atoms with Crippen LogP contribution in [0.15, 0.2) is 12.1 Å². The van der Waals surface area contributed by atoms with Crippen LogP contribution < -0.4 is 0 Å². The smallest absolute Gasteiger partial charge is 0.307 e. The minimum absolute atomic E-state index is 0.159. The molecule has 17 heavy (non-hydrogen) atoms. The molecule has 0 radical (unpaired) electrons. The first-order valence-electron chi connectivity index (χ1n) is 4.75. The van der Waals surface area contributed by atoms with Gasteiger partial charge in [-0.05, 0) is 5.56 Å². The molecule has 0 saturated carbocycles. The van der Waals surface area contributed by atoms with Crippen molar-refractivity contribution in [2.45, 2.75) is 6.42 Å². The highest BCUT2D eigenvalue weighted by atomic mass is 35.5. The van der Waals surface area contributed by atoms with Crippen LogP contribution in [-0.4, -0.2) is 35.1 Å². The maximum Gasteiger partial charge on any atom is 0.307 e. The fourth-order valence-corrected chi connectivity index (χ4v) is 2.03. The average molecular weight is 292 g/mol. The molecular weight excluding hydrogens is 281 g/mol. The minimum Gasteiger partial charge on any atom is -0.481 e. The first-order valence-corrected chi connectivity index (χ1v) is 5.91. The van der Waals surface area contributed by atoms with E-state index in [1.165, 1.54) is 0 Å². The van der Waals surface area contributed by atoms with Crippen LogP contribution >= 0.6 is 35.4 Å². The summed E-state index contributed by atoms with van der Waals surface area (Å²) >= 11 is 17.3. The van der Waals surface area contributed by atoms with Gasteiger partial charge in [-0.2, -0.15) is 0 Å². The maximum atomic E-state index is 10.6. The lowest BCUT2D eigenvalue weighted by Gasteiger charge is -2.16. The van der Waals surface area contributed by atoms with Crippen molar-refractivity contribution in [2.75, 3.05) is 14.1 Å². The van der Waals surface area contributed by atoms with Gasteiger partial charge in [0.15, 0.2) is 0 Å². The Morgan fingerprint density at radius 3 is 2.41 bits per heavy atom. The molecule has 0 unspecified atom stereocenters. The molecule has 0 saturated heterocycles. The summed E-state index contributed by atoms with van der Waals surface area (Å²) in [5.74, 6) is -0.953. The van der Waals surface area contributed by atoms with Gasteiger partial charge in [-0.15, -0.1) is 0 Å². The highest BCUT2D eigenvalue weighted by Crippen LogP contribution is 2.30. The van der Waals surface area contributed by atoms with Crippen molar-refractivity contribution in [2.24, 2.45) is 0 Å².